The van der Waals surface area contributed by atoms with Crippen molar-refractivity contribution in [3.8, 4) is 0 Å². The van der Waals surface area contributed by atoms with Crippen molar-refractivity contribution < 1.29 is 9.90 Å². The van der Waals surface area contributed by atoms with Crippen LogP contribution in [0.1, 0.15) is 45.4 Å². The van der Waals surface area contributed by atoms with Crippen molar-refractivity contribution >= 4 is 5.97 Å². The van der Waals surface area contributed by atoms with Gasteiger partial charge in [-0.05, 0) is 49.9 Å². The molecule has 0 aromatic heterocycles. The zero-order chi connectivity index (χ0) is 11.8. The number of allylic oxidation sites excluding steroid dienone is 2. The zero-order valence-corrected chi connectivity index (χ0v) is 9.96. The minimum absolute atomic E-state index is 0.139. The third kappa shape index (κ3) is 1.60. The molecule has 1 N–H and O–H groups in total. The zero-order valence-electron chi connectivity index (χ0n) is 9.96. The summed E-state index contributed by atoms with van der Waals surface area (Å²) in [4.78, 5) is 11.2. The van der Waals surface area contributed by atoms with E-state index in [0.717, 1.165) is 38.5 Å². The van der Waals surface area contributed by atoms with E-state index >= 15 is 0 Å². The van der Waals surface area contributed by atoms with E-state index < -0.39 is 5.97 Å². The van der Waals surface area contributed by atoms with Crippen LogP contribution in [0.15, 0.2) is 23.8 Å². The van der Waals surface area contributed by atoms with E-state index in [1.165, 1.54) is 5.57 Å². The third-order valence-corrected chi connectivity index (χ3v) is 4.53. The number of fused-ring (bicyclic) bond motifs is 1. The van der Waals surface area contributed by atoms with Crippen molar-refractivity contribution in [2.24, 2.45) is 11.3 Å². The van der Waals surface area contributed by atoms with Gasteiger partial charge in [0.15, 0.2) is 0 Å². The lowest BCUT2D eigenvalue weighted by molar-refractivity contribution is -0.133. The molecular formula is C14H20O2. The first-order valence-corrected chi connectivity index (χ1v) is 6.16. The Bertz CT molecular complexity index is 354. The molecule has 16 heavy (non-hydrogen) atoms. The van der Waals surface area contributed by atoms with Gasteiger partial charge in [0, 0.05) is 5.57 Å². The van der Waals surface area contributed by atoms with Gasteiger partial charge in [0.05, 0.1) is 0 Å². The fraction of sp³-hybridized carbons (Fsp3) is 0.643. The average molecular weight is 220 g/mol. The van der Waals surface area contributed by atoms with Gasteiger partial charge in [0.2, 0.25) is 0 Å². The summed E-state index contributed by atoms with van der Waals surface area (Å²) >= 11 is 0. The van der Waals surface area contributed by atoms with Gasteiger partial charge in [-0.1, -0.05) is 18.6 Å². The van der Waals surface area contributed by atoms with Crippen LogP contribution in [0.5, 0.6) is 0 Å². The number of carbonyl (C=O) groups is 1. The van der Waals surface area contributed by atoms with Crippen molar-refractivity contribution in [3.63, 3.8) is 0 Å². The highest BCUT2D eigenvalue weighted by Gasteiger charge is 2.45. The highest BCUT2D eigenvalue weighted by Crippen LogP contribution is 2.55. The maximum atomic E-state index is 11.2. The van der Waals surface area contributed by atoms with Crippen molar-refractivity contribution in [1.29, 1.82) is 0 Å². The highest BCUT2D eigenvalue weighted by atomic mass is 16.4. The molecule has 2 atom stereocenters. The Labute approximate surface area is 97.0 Å². The maximum Gasteiger partial charge on any atom is 0.331 e. The molecule has 2 heteroatoms. The van der Waals surface area contributed by atoms with Gasteiger partial charge >= 0.3 is 5.97 Å². The van der Waals surface area contributed by atoms with Gasteiger partial charge in [0.25, 0.3) is 0 Å². The molecular weight excluding hydrogens is 200 g/mol. The molecule has 0 heterocycles. The third-order valence-electron chi connectivity index (χ3n) is 4.53. The summed E-state index contributed by atoms with van der Waals surface area (Å²) in [6.07, 6.45) is 8.06. The summed E-state index contributed by atoms with van der Waals surface area (Å²) in [6.45, 7) is 6.07. The second-order valence-electron chi connectivity index (χ2n) is 5.29. The molecule has 88 valence electrons. The molecule has 0 aromatic carbocycles. The van der Waals surface area contributed by atoms with E-state index in [0.29, 0.717) is 11.5 Å². The van der Waals surface area contributed by atoms with Crippen LogP contribution >= 0.6 is 0 Å². The minimum atomic E-state index is -0.694. The first-order valence-electron chi connectivity index (χ1n) is 6.16. The molecule has 0 bridgehead atoms. The van der Waals surface area contributed by atoms with E-state index in [4.69, 9.17) is 0 Å². The van der Waals surface area contributed by atoms with Gasteiger partial charge in [-0.15, -0.1) is 6.58 Å². The number of aliphatic carboxylic acids is 1. The Morgan fingerprint density at radius 1 is 1.62 bits per heavy atom. The van der Waals surface area contributed by atoms with E-state index in [2.05, 4.69) is 13.5 Å². The summed E-state index contributed by atoms with van der Waals surface area (Å²) in [7, 11) is 0. The minimum Gasteiger partial charge on any atom is -0.478 e. The largest absolute Gasteiger partial charge is 0.478 e. The van der Waals surface area contributed by atoms with Gasteiger partial charge in [0.1, 0.15) is 0 Å². The van der Waals surface area contributed by atoms with Crippen LogP contribution in [0.2, 0.25) is 0 Å². The summed E-state index contributed by atoms with van der Waals surface area (Å²) in [5.74, 6) is -0.0881. The summed E-state index contributed by atoms with van der Waals surface area (Å²) in [5, 5.41) is 9.24. The highest BCUT2D eigenvalue weighted by molar-refractivity contribution is 5.88. The molecule has 0 spiro atoms. The van der Waals surface area contributed by atoms with E-state index in [1.807, 2.05) is 6.08 Å². The van der Waals surface area contributed by atoms with E-state index in [1.54, 1.807) is 0 Å². The maximum absolute atomic E-state index is 11.2. The lowest BCUT2D eigenvalue weighted by Crippen LogP contribution is -2.28. The van der Waals surface area contributed by atoms with Crippen LogP contribution in [0.3, 0.4) is 0 Å². The predicted octanol–water partition coefficient (Wildman–Crippen LogP) is 3.54. The van der Waals surface area contributed by atoms with Crippen LogP contribution in [-0.2, 0) is 4.79 Å². The van der Waals surface area contributed by atoms with Crippen LogP contribution in [-0.4, -0.2) is 11.1 Å². The topological polar surface area (TPSA) is 37.3 Å². The van der Waals surface area contributed by atoms with Gasteiger partial charge < -0.3 is 5.11 Å². The van der Waals surface area contributed by atoms with Crippen molar-refractivity contribution in [2.75, 3.05) is 0 Å². The first-order chi connectivity index (χ1) is 7.59. The predicted molar refractivity (Wildman–Crippen MR) is 64.2 cm³/mol. The SMILES string of the molecule is C=CC[C@H]1CCC2=C(C(=O)O)CCC[C@@]21C. The smallest absolute Gasteiger partial charge is 0.331 e. The number of carboxylic acid groups (broad SMARTS) is 1. The molecule has 0 radical (unpaired) electrons. The molecule has 1 saturated carbocycles. The number of hydrogen-bond acceptors (Lipinski definition) is 1. The quantitative estimate of drug-likeness (QED) is 0.738. The Hall–Kier alpha value is -1.05. The second-order valence-corrected chi connectivity index (χ2v) is 5.29. The molecule has 2 aliphatic rings. The van der Waals surface area contributed by atoms with Crippen LogP contribution < -0.4 is 0 Å². The van der Waals surface area contributed by atoms with E-state index in [9.17, 15) is 9.90 Å². The average Bonchev–Trinajstić information content (AvgIpc) is 2.56. The van der Waals surface area contributed by atoms with Gasteiger partial charge in [-0.25, -0.2) is 4.79 Å². The molecule has 2 rings (SSSR count). The van der Waals surface area contributed by atoms with Gasteiger partial charge in [-0.3, -0.25) is 0 Å². The number of hydrogen-bond donors (Lipinski definition) is 1. The van der Waals surface area contributed by atoms with Crippen molar-refractivity contribution in [1.82, 2.24) is 0 Å². The Morgan fingerprint density at radius 2 is 2.38 bits per heavy atom. The Morgan fingerprint density at radius 3 is 3.00 bits per heavy atom. The second kappa shape index (κ2) is 4.08. The fourth-order valence-electron chi connectivity index (χ4n) is 3.62. The standard InChI is InChI=1S/C14H20O2/c1-3-5-10-7-8-12-11(13(15)16)6-4-9-14(10,12)2/h3,10H,1,4-9H2,2H3,(H,15,16)/t10-,14+/m0/s1. The number of carboxylic acids is 1. The van der Waals surface area contributed by atoms with Crippen LogP contribution in [0.25, 0.3) is 0 Å². The molecule has 1 fully saturated rings. The Balaban J connectivity index is 2.38. The lowest BCUT2D eigenvalue weighted by Gasteiger charge is -2.37. The molecule has 2 nitrogen and oxygen atoms in total. The molecule has 2 aliphatic carbocycles. The molecule has 0 unspecified atom stereocenters. The molecule has 0 saturated heterocycles. The normalized spacial score (nSPS) is 33.7. The summed E-state index contributed by atoms with van der Waals surface area (Å²) in [6, 6.07) is 0. The summed E-state index contributed by atoms with van der Waals surface area (Å²) in [5.41, 5.74) is 2.08. The molecule has 0 aromatic rings. The number of rotatable bonds is 3. The monoisotopic (exact) mass is 220 g/mol. The Kier molecular flexibility index (Phi) is 2.92. The van der Waals surface area contributed by atoms with Crippen molar-refractivity contribution in [3.05, 3.63) is 23.8 Å². The fourth-order valence-corrected chi connectivity index (χ4v) is 3.62. The molecule has 0 amide bonds. The van der Waals surface area contributed by atoms with Gasteiger partial charge in [-0.2, -0.15) is 0 Å². The van der Waals surface area contributed by atoms with Crippen molar-refractivity contribution in [2.45, 2.75) is 45.4 Å². The van der Waals surface area contributed by atoms with E-state index in [-0.39, 0.29) is 5.41 Å². The summed E-state index contributed by atoms with van der Waals surface area (Å²) < 4.78 is 0. The first kappa shape index (κ1) is 11.4. The van der Waals surface area contributed by atoms with Crippen LogP contribution in [0.4, 0.5) is 0 Å². The molecule has 0 aliphatic heterocycles. The van der Waals surface area contributed by atoms with Crippen LogP contribution in [0, 0.1) is 11.3 Å². The lowest BCUT2D eigenvalue weighted by atomic mass is 9.67.